The molecule has 0 bridgehead atoms. The van der Waals surface area contributed by atoms with Crippen LogP contribution in [0.1, 0.15) is 52.2 Å². The van der Waals surface area contributed by atoms with E-state index in [0.29, 0.717) is 12.0 Å². The average molecular weight is 276 g/mol. The van der Waals surface area contributed by atoms with Gasteiger partial charge in [0.1, 0.15) is 0 Å². The van der Waals surface area contributed by atoms with Gasteiger partial charge in [0.2, 0.25) is 0 Å². The van der Waals surface area contributed by atoms with Crippen LogP contribution in [0.4, 0.5) is 5.69 Å². The van der Waals surface area contributed by atoms with Gasteiger partial charge in [0, 0.05) is 24.3 Å². The highest BCUT2D eigenvalue weighted by Crippen LogP contribution is 2.23. The highest BCUT2D eigenvalue weighted by molar-refractivity contribution is 5.51. The molecule has 1 atom stereocenters. The van der Waals surface area contributed by atoms with Crippen molar-refractivity contribution in [2.45, 2.75) is 66.5 Å². The highest BCUT2D eigenvalue weighted by atomic mass is 15.2. The summed E-state index contributed by atoms with van der Waals surface area (Å²) in [4.78, 5) is 2.49. The Morgan fingerprint density at radius 1 is 1.15 bits per heavy atom. The van der Waals surface area contributed by atoms with Gasteiger partial charge in [-0.1, -0.05) is 26.8 Å². The molecule has 2 heteroatoms. The Kier molecular flexibility index (Phi) is 6.54. The number of hydrogen-bond donors (Lipinski definition) is 1. The Balaban J connectivity index is 2.94. The molecule has 0 heterocycles. The van der Waals surface area contributed by atoms with Crippen LogP contribution in [0.3, 0.4) is 0 Å². The van der Waals surface area contributed by atoms with Crippen molar-refractivity contribution in [2.24, 2.45) is 11.7 Å². The summed E-state index contributed by atoms with van der Waals surface area (Å²) in [6, 6.07) is 7.64. The Bertz CT molecular complexity index is 410. The van der Waals surface area contributed by atoms with Crippen molar-refractivity contribution < 1.29 is 0 Å². The Morgan fingerprint density at radius 3 is 2.25 bits per heavy atom. The number of aryl methyl sites for hydroxylation is 1. The first-order valence-electron chi connectivity index (χ1n) is 7.96. The van der Waals surface area contributed by atoms with Crippen LogP contribution in [0, 0.1) is 12.8 Å². The minimum absolute atomic E-state index is 0.274. The summed E-state index contributed by atoms with van der Waals surface area (Å²) >= 11 is 0. The Labute approximate surface area is 125 Å². The number of nitrogens with zero attached hydrogens (tertiary/aromatic N) is 1. The second-order valence-electron chi connectivity index (χ2n) is 6.62. The van der Waals surface area contributed by atoms with E-state index < -0.39 is 0 Å². The second kappa shape index (κ2) is 7.68. The predicted molar refractivity (Wildman–Crippen MR) is 90.5 cm³/mol. The van der Waals surface area contributed by atoms with Crippen LogP contribution in [-0.4, -0.2) is 18.6 Å². The summed E-state index contributed by atoms with van der Waals surface area (Å²) in [6.45, 7) is 14.5. The largest absolute Gasteiger partial charge is 0.369 e. The van der Waals surface area contributed by atoms with E-state index in [4.69, 9.17) is 5.73 Å². The van der Waals surface area contributed by atoms with Crippen molar-refractivity contribution in [3.8, 4) is 0 Å². The van der Waals surface area contributed by atoms with Crippen molar-refractivity contribution >= 4 is 5.69 Å². The molecule has 0 aromatic heterocycles. The maximum atomic E-state index is 6.08. The fourth-order valence-corrected chi connectivity index (χ4v) is 2.52. The zero-order chi connectivity index (χ0) is 15.3. The molecule has 0 aliphatic carbocycles. The molecule has 0 aliphatic heterocycles. The molecule has 114 valence electrons. The normalized spacial score (nSPS) is 13.1. The van der Waals surface area contributed by atoms with Gasteiger partial charge in [0.05, 0.1) is 0 Å². The lowest BCUT2D eigenvalue weighted by atomic mass is 9.99. The lowest BCUT2D eigenvalue weighted by Gasteiger charge is -2.31. The van der Waals surface area contributed by atoms with Crippen LogP contribution >= 0.6 is 0 Å². The van der Waals surface area contributed by atoms with E-state index in [1.54, 1.807) is 0 Å². The molecule has 1 aromatic carbocycles. The SMILES string of the molecule is CCC(N)Cc1ccc(N(CC(C)C)C(C)C)cc1C. The van der Waals surface area contributed by atoms with Gasteiger partial charge >= 0.3 is 0 Å². The van der Waals surface area contributed by atoms with Crippen molar-refractivity contribution in [1.82, 2.24) is 0 Å². The third kappa shape index (κ3) is 4.82. The maximum absolute atomic E-state index is 6.08. The van der Waals surface area contributed by atoms with Crippen LogP contribution in [0.5, 0.6) is 0 Å². The van der Waals surface area contributed by atoms with E-state index in [1.807, 2.05) is 0 Å². The van der Waals surface area contributed by atoms with Crippen molar-refractivity contribution in [3.05, 3.63) is 29.3 Å². The van der Waals surface area contributed by atoms with Crippen molar-refractivity contribution in [3.63, 3.8) is 0 Å². The zero-order valence-corrected chi connectivity index (χ0v) is 14.1. The molecule has 0 amide bonds. The van der Waals surface area contributed by atoms with Gasteiger partial charge in [-0.2, -0.15) is 0 Å². The van der Waals surface area contributed by atoms with Gasteiger partial charge in [0.15, 0.2) is 0 Å². The Hall–Kier alpha value is -1.02. The fourth-order valence-electron chi connectivity index (χ4n) is 2.52. The summed E-state index contributed by atoms with van der Waals surface area (Å²) in [6.07, 6.45) is 2.02. The molecule has 20 heavy (non-hydrogen) atoms. The van der Waals surface area contributed by atoms with Crippen LogP contribution in [0.2, 0.25) is 0 Å². The molecule has 0 saturated heterocycles. The van der Waals surface area contributed by atoms with E-state index >= 15 is 0 Å². The summed E-state index contributed by atoms with van der Waals surface area (Å²) in [5.74, 6) is 0.672. The molecule has 0 radical (unpaired) electrons. The average Bonchev–Trinajstić information content (AvgIpc) is 2.37. The highest BCUT2D eigenvalue weighted by Gasteiger charge is 2.13. The molecular weight excluding hydrogens is 244 g/mol. The van der Waals surface area contributed by atoms with Gasteiger partial charge in [0.25, 0.3) is 0 Å². The van der Waals surface area contributed by atoms with E-state index in [-0.39, 0.29) is 6.04 Å². The molecule has 1 rings (SSSR count). The first-order chi connectivity index (χ1) is 9.35. The van der Waals surface area contributed by atoms with Gasteiger partial charge in [-0.05, 0) is 62.8 Å². The van der Waals surface area contributed by atoms with Gasteiger partial charge in [-0.3, -0.25) is 0 Å². The molecule has 1 aromatic rings. The first-order valence-corrected chi connectivity index (χ1v) is 7.96. The monoisotopic (exact) mass is 276 g/mol. The van der Waals surface area contributed by atoms with Crippen LogP contribution in [0.25, 0.3) is 0 Å². The summed E-state index contributed by atoms with van der Waals surface area (Å²) in [5.41, 5.74) is 10.2. The second-order valence-corrected chi connectivity index (χ2v) is 6.62. The molecule has 1 unspecified atom stereocenters. The van der Waals surface area contributed by atoms with Crippen LogP contribution in [-0.2, 0) is 6.42 Å². The molecule has 0 saturated carbocycles. The topological polar surface area (TPSA) is 29.3 Å². The molecule has 0 aliphatic rings. The van der Waals surface area contributed by atoms with Gasteiger partial charge < -0.3 is 10.6 Å². The third-order valence-corrected chi connectivity index (χ3v) is 3.85. The molecular formula is C18H32N2. The van der Waals surface area contributed by atoms with Gasteiger partial charge in [-0.25, -0.2) is 0 Å². The number of hydrogen-bond acceptors (Lipinski definition) is 2. The van der Waals surface area contributed by atoms with Crippen LogP contribution < -0.4 is 10.6 Å². The lowest BCUT2D eigenvalue weighted by molar-refractivity contribution is 0.570. The number of benzene rings is 1. The van der Waals surface area contributed by atoms with E-state index in [9.17, 15) is 0 Å². The van der Waals surface area contributed by atoms with E-state index in [0.717, 1.165) is 19.4 Å². The minimum atomic E-state index is 0.274. The standard InChI is InChI=1S/C18H32N2/c1-7-17(19)11-16-8-9-18(10-15(16)6)20(14(4)5)12-13(2)3/h8-10,13-14,17H,7,11-12,19H2,1-6H3. The van der Waals surface area contributed by atoms with Crippen molar-refractivity contribution in [2.75, 3.05) is 11.4 Å². The number of nitrogens with two attached hydrogens (primary N) is 1. The molecule has 0 spiro atoms. The molecule has 2 nitrogen and oxygen atoms in total. The number of rotatable bonds is 7. The first kappa shape index (κ1) is 17.0. The minimum Gasteiger partial charge on any atom is -0.369 e. The smallest absolute Gasteiger partial charge is 0.0371 e. The van der Waals surface area contributed by atoms with Crippen LogP contribution in [0.15, 0.2) is 18.2 Å². The van der Waals surface area contributed by atoms with Crippen molar-refractivity contribution in [1.29, 1.82) is 0 Å². The molecule has 0 fully saturated rings. The summed E-state index contributed by atoms with van der Waals surface area (Å²) in [5, 5.41) is 0. The Morgan fingerprint density at radius 2 is 1.80 bits per heavy atom. The predicted octanol–water partition coefficient (Wildman–Crippen LogP) is 4.15. The fraction of sp³-hybridized carbons (Fsp3) is 0.667. The summed E-state index contributed by atoms with van der Waals surface area (Å²) < 4.78 is 0. The zero-order valence-electron chi connectivity index (χ0n) is 14.1. The third-order valence-electron chi connectivity index (χ3n) is 3.85. The number of anilines is 1. The van der Waals surface area contributed by atoms with E-state index in [2.05, 4.69) is 64.6 Å². The van der Waals surface area contributed by atoms with E-state index in [1.165, 1.54) is 16.8 Å². The van der Waals surface area contributed by atoms with Gasteiger partial charge in [-0.15, -0.1) is 0 Å². The summed E-state index contributed by atoms with van der Waals surface area (Å²) in [7, 11) is 0. The molecule has 2 N–H and O–H groups in total. The maximum Gasteiger partial charge on any atom is 0.0371 e. The lowest BCUT2D eigenvalue weighted by Crippen LogP contribution is -2.34. The quantitative estimate of drug-likeness (QED) is 0.811.